The Morgan fingerprint density at radius 3 is 2.67 bits per heavy atom. The molecule has 0 saturated heterocycles. The molecule has 6 nitrogen and oxygen atoms in total. The van der Waals surface area contributed by atoms with Gasteiger partial charge in [-0.3, -0.25) is 4.72 Å². The predicted octanol–water partition coefficient (Wildman–Crippen LogP) is 2.51. The number of aromatic carboxylic acids is 1. The SMILES string of the molecule is CCc1ccc(C(=O)O)cc1S(=O)(=O)Nc1ncc(C)s1. The highest BCUT2D eigenvalue weighted by molar-refractivity contribution is 7.93. The molecule has 8 heteroatoms. The zero-order valence-electron chi connectivity index (χ0n) is 11.5. The van der Waals surface area contributed by atoms with Gasteiger partial charge in [0, 0.05) is 11.1 Å². The molecule has 0 saturated carbocycles. The van der Waals surface area contributed by atoms with Crippen molar-refractivity contribution in [1.29, 1.82) is 0 Å². The second-order valence-corrected chi connectivity index (χ2v) is 7.25. The maximum absolute atomic E-state index is 12.4. The average molecular weight is 326 g/mol. The van der Waals surface area contributed by atoms with Gasteiger partial charge in [-0.15, -0.1) is 11.3 Å². The van der Waals surface area contributed by atoms with E-state index in [0.717, 1.165) is 4.88 Å². The third-order valence-corrected chi connectivity index (χ3v) is 5.21. The van der Waals surface area contributed by atoms with Gasteiger partial charge in [0.2, 0.25) is 0 Å². The monoisotopic (exact) mass is 326 g/mol. The van der Waals surface area contributed by atoms with Crippen LogP contribution >= 0.6 is 11.3 Å². The average Bonchev–Trinajstić information content (AvgIpc) is 2.82. The number of thiazole rings is 1. The molecule has 112 valence electrons. The van der Waals surface area contributed by atoms with Crippen LogP contribution in [0, 0.1) is 6.92 Å². The topological polar surface area (TPSA) is 96.4 Å². The molecule has 0 aliphatic heterocycles. The first kappa shape index (κ1) is 15.5. The largest absolute Gasteiger partial charge is 0.478 e. The molecule has 0 aliphatic rings. The molecule has 0 fully saturated rings. The Hall–Kier alpha value is -1.93. The summed E-state index contributed by atoms with van der Waals surface area (Å²) in [4.78, 5) is 15.8. The first-order valence-electron chi connectivity index (χ1n) is 6.15. The van der Waals surface area contributed by atoms with Crippen molar-refractivity contribution in [2.24, 2.45) is 0 Å². The summed E-state index contributed by atoms with van der Waals surface area (Å²) < 4.78 is 27.2. The summed E-state index contributed by atoms with van der Waals surface area (Å²) in [6.07, 6.45) is 2.05. The van der Waals surface area contributed by atoms with Crippen molar-refractivity contribution in [1.82, 2.24) is 4.98 Å². The molecule has 0 atom stereocenters. The molecule has 2 aromatic rings. The summed E-state index contributed by atoms with van der Waals surface area (Å²) in [6, 6.07) is 4.09. The standard InChI is InChI=1S/C13H14N2O4S2/c1-3-9-4-5-10(12(16)17)6-11(9)21(18,19)15-13-14-7-8(2)20-13/h4-7H,3H2,1-2H3,(H,14,15)(H,16,17). The zero-order chi connectivity index (χ0) is 15.6. The summed E-state index contributed by atoms with van der Waals surface area (Å²) in [5.74, 6) is -1.17. The third kappa shape index (κ3) is 3.40. The maximum atomic E-state index is 12.4. The lowest BCUT2D eigenvalue weighted by molar-refractivity contribution is 0.0696. The van der Waals surface area contributed by atoms with E-state index in [-0.39, 0.29) is 15.6 Å². The van der Waals surface area contributed by atoms with Crippen molar-refractivity contribution in [2.75, 3.05) is 4.72 Å². The van der Waals surface area contributed by atoms with Gasteiger partial charge in [-0.05, 0) is 31.0 Å². The van der Waals surface area contributed by atoms with Gasteiger partial charge < -0.3 is 5.11 Å². The number of carboxylic acid groups (broad SMARTS) is 1. The van der Waals surface area contributed by atoms with Crippen LogP contribution in [0.25, 0.3) is 0 Å². The van der Waals surface area contributed by atoms with Gasteiger partial charge in [0.15, 0.2) is 5.13 Å². The highest BCUT2D eigenvalue weighted by Gasteiger charge is 2.21. The van der Waals surface area contributed by atoms with E-state index in [2.05, 4.69) is 9.71 Å². The fraction of sp³-hybridized carbons (Fsp3) is 0.231. The van der Waals surface area contributed by atoms with Crippen LogP contribution in [-0.4, -0.2) is 24.5 Å². The van der Waals surface area contributed by atoms with Gasteiger partial charge in [-0.2, -0.15) is 0 Å². The van der Waals surface area contributed by atoms with Crippen molar-refractivity contribution >= 4 is 32.5 Å². The molecule has 0 amide bonds. The Morgan fingerprint density at radius 2 is 2.14 bits per heavy atom. The van der Waals surface area contributed by atoms with E-state index >= 15 is 0 Å². The smallest absolute Gasteiger partial charge is 0.335 e. The van der Waals surface area contributed by atoms with Crippen LogP contribution in [0.2, 0.25) is 0 Å². The number of anilines is 1. The molecule has 0 radical (unpaired) electrons. The number of hydrogen-bond acceptors (Lipinski definition) is 5. The van der Waals surface area contributed by atoms with Crippen LogP contribution < -0.4 is 4.72 Å². The molecular formula is C13H14N2O4S2. The number of benzene rings is 1. The van der Waals surface area contributed by atoms with Crippen molar-refractivity contribution in [3.05, 3.63) is 40.4 Å². The van der Waals surface area contributed by atoms with Crippen molar-refractivity contribution in [3.63, 3.8) is 0 Å². The van der Waals surface area contributed by atoms with E-state index in [4.69, 9.17) is 5.11 Å². The molecule has 2 N–H and O–H groups in total. The normalized spacial score (nSPS) is 11.3. The lowest BCUT2D eigenvalue weighted by atomic mass is 10.1. The molecule has 0 unspecified atom stereocenters. The number of aryl methyl sites for hydroxylation is 2. The minimum Gasteiger partial charge on any atom is -0.478 e. The van der Waals surface area contributed by atoms with E-state index in [9.17, 15) is 13.2 Å². The van der Waals surface area contributed by atoms with Crippen LogP contribution in [-0.2, 0) is 16.4 Å². The summed E-state index contributed by atoms with van der Waals surface area (Å²) >= 11 is 1.22. The molecule has 0 spiro atoms. The van der Waals surface area contributed by atoms with Crippen molar-refractivity contribution < 1.29 is 18.3 Å². The van der Waals surface area contributed by atoms with Gasteiger partial charge in [0.1, 0.15) is 0 Å². The third-order valence-electron chi connectivity index (χ3n) is 2.83. The van der Waals surface area contributed by atoms with Gasteiger partial charge in [-0.1, -0.05) is 13.0 Å². The summed E-state index contributed by atoms with van der Waals surface area (Å²) in [6.45, 7) is 3.63. The van der Waals surface area contributed by atoms with Crippen LogP contribution in [0.4, 0.5) is 5.13 Å². The summed E-state index contributed by atoms with van der Waals surface area (Å²) in [5, 5.41) is 9.27. The van der Waals surface area contributed by atoms with E-state index in [1.807, 2.05) is 13.8 Å². The highest BCUT2D eigenvalue weighted by Crippen LogP contribution is 2.24. The molecule has 0 aliphatic carbocycles. The summed E-state index contributed by atoms with van der Waals surface area (Å²) in [5.41, 5.74) is 0.490. The first-order valence-corrected chi connectivity index (χ1v) is 8.45. The Balaban J connectivity index is 2.47. The minimum absolute atomic E-state index is 0.0299. The van der Waals surface area contributed by atoms with Gasteiger partial charge in [0.25, 0.3) is 10.0 Å². The second-order valence-electron chi connectivity index (χ2n) is 4.36. The summed E-state index contributed by atoms with van der Waals surface area (Å²) in [7, 11) is -3.86. The Labute approximate surface area is 126 Å². The number of hydrogen-bond donors (Lipinski definition) is 2. The predicted molar refractivity (Wildman–Crippen MR) is 80.4 cm³/mol. The molecule has 2 rings (SSSR count). The molecule has 1 heterocycles. The van der Waals surface area contributed by atoms with Crippen LogP contribution in [0.5, 0.6) is 0 Å². The molecule has 21 heavy (non-hydrogen) atoms. The zero-order valence-corrected chi connectivity index (χ0v) is 13.1. The number of sulfonamides is 1. The van der Waals surface area contributed by atoms with E-state index in [1.54, 1.807) is 6.20 Å². The van der Waals surface area contributed by atoms with Crippen LogP contribution in [0.1, 0.15) is 27.7 Å². The van der Waals surface area contributed by atoms with Crippen molar-refractivity contribution in [2.45, 2.75) is 25.2 Å². The van der Waals surface area contributed by atoms with Crippen molar-refractivity contribution in [3.8, 4) is 0 Å². The number of carbonyl (C=O) groups is 1. The van der Waals surface area contributed by atoms with Crippen LogP contribution in [0.15, 0.2) is 29.3 Å². The number of aromatic nitrogens is 1. The molecular weight excluding hydrogens is 312 g/mol. The van der Waals surface area contributed by atoms with Gasteiger partial charge >= 0.3 is 5.97 Å². The molecule has 1 aromatic heterocycles. The Bertz CT molecular complexity index is 781. The second kappa shape index (κ2) is 5.82. The number of rotatable bonds is 5. The maximum Gasteiger partial charge on any atom is 0.335 e. The van der Waals surface area contributed by atoms with E-state index < -0.39 is 16.0 Å². The number of carboxylic acids is 1. The lowest BCUT2D eigenvalue weighted by Gasteiger charge is -2.10. The fourth-order valence-corrected chi connectivity index (χ4v) is 4.05. The number of nitrogens with zero attached hydrogens (tertiary/aromatic N) is 1. The highest BCUT2D eigenvalue weighted by atomic mass is 32.2. The molecule has 1 aromatic carbocycles. The van der Waals surface area contributed by atoms with Crippen LogP contribution in [0.3, 0.4) is 0 Å². The van der Waals surface area contributed by atoms with E-state index in [0.29, 0.717) is 12.0 Å². The Kier molecular flexibility index (Phi) is 4.29. The minimum atomic E-state index is -3.86. The molecule has 0 bridgehead atoms. The fourth-order valence-electron chi connectivity index (χ4n) is 1.80. The van der Waals surface area contributed by atoms with E-state index in [1.165, 1.54) is 29.5 Å². The first-order chi connectivity index (χ1) is 9.83. The number of nitrogens with one attached hydrogen (secondary N) is 1. The lowest BCUT2D eigenvalue weighted by Crippen LogP contribution is -2.15. The van der Waals surface area contributed by atoms with Gasteiger partial charge in [0.05, 0.1) is 10.5 Å². The van der Waals surface area contributed by atoms with Gasteiger partial charge in [-0.25, -0.2) is 18.2 Å². The Morgan fingerprint density at radius 1 is 1.43 bits per heavy atom. The quantitative estimate of drug-likeness (QED) is 0.880.